The van der Waals surface area contributed by atoms with Crippen LogP contribution in [0.2, 0.25) is 0 Å². The van der Waals surface area contributed by atoms with Gasteiger partial charge in [0.15, 0.2) is 29.5 Å². The van der Waals surface area contributed by atoms with Gasteiger partial charge in [0.1, 0.15) is 5.69 Å². The number of methoxy groups -OCH3 is 1. The minimum Gasteiger partial charge on any atom is -0.492 e. The number of phosphoric acid groups is 1. The molecule has 0 spiro atoms. The summed E-state index contributed by atoms with van der Waals surface area (Å²) in [6.45, 7) is -3.82. The van der Waals surface area contributed by atoms with E-state index in [2.05, 4.69) is 35.1 Å². The van der Waals surface area contributed by atoms with Crippen LogP contribution < -0.4 is 20.9 Å². The summed E-state index contributed by atoms with van der Waals surface area (Å²) in [6, 6.07) is 2.78. The molecule has 0 atom stereocenters. The van der Waals surface area contributed by atoms with Crippen molar-refractivity contribution in [3.05, 3.63) is 35.7 Å². The average molecular weight is 582 g/mol. The Balaban J connectivity index is 0.00000308. The van der Waals surface area contributed by atoms with Gasteiger partial charge in [0.05, 0.1) is 24.6 Å². The topological polar surface area (TPSA) is 208 Å². The first-order valence-corrected chi connectivity index (χ1v) is 12.2. The molecule has 1 aliphatic rings. The number of aryl methyl sites for hydroxylation is 1. The Bertz CT molecular complexity index is 1580. The van der Waals surface area contributed by atoms with Crippen LogP contribution in [-0.2, 0) is 27.7 Å². The molecule has 0 bridgehead atoms. The third-order valence-corrected chi connectivity index (χ3v) is 5.53. The summed E-state index contributed by atoms with van der Waals surface area (Å²) in [5, 5.41) is 16.9. The number of anilines is 2. The van der Waals surface area contributed by atoms with Crippen molar-refractivity contribution in [3.8, 4) is 17.0 Å². The number of carbonyl (C=O) groups excluding carboxylic acids is 2. The first-order valence-electron chi connectivity index (χ1n) is 12.1. The van der Waals surface area contributed by atoms with Crippen molar-refractivity contribution in [2.24, 2.45) is 18.0 Å². The molecular formula is C20H24N9Na2O7P. The van der Waals surface area contributed by atoms with E-state index in [4.69, 9.17) is 18.6 Å². The van der Waals surface area contributed by atoms with E-state index in [1.807, 2.05) is 0 Å². The van der Waals surface area contributed by atoms with E-state index in [-0.39, 0.29) is 87.8 Å². The van der Waals surface area contributed by atoms with Gasteiger partial charge < -0.3 is 25.2 Å². The average Bonchev–Trinajstić information content (AvgIpc) is 3.62. The largest absolute Gasteiger partial charge is 0.492 e. The Hall–Kier alpha value is -1.98. The first kappa shape index (κ1) is 28.5. The van der Waals surface area contributed by atoms with Crippen LogP contribution in [0.5, 0.6) is 5.75 Å². The summed E-state index contributed by atoms with van der Waals surface area (Å²) in [6.07, 6.45) is 4.15. The molecular weight excluding hydrogens is 555 g/mol. The molecule has 1 fully saturated rings. The van der Waals surface area contributed by atoms with Gasteiger partial charge in [0, 0.05) is 95.4 Å². The van der Waals surface area contributed by atoms with E-state index in [9.17, 15) is 14.2 Å². The van der Waals surface area contributed by atoms with Gasteiger partial charge >= 0.3 is 7.82 Å². The van der Waals surface area contributed by atoms with E-state index in [0.717, 1.165) is 4.68 Å². The van der Waals surface area contributed by atoms with Crippen molar-refractivity contribution in [2.45, 2.75) is 19.6 Å². The summed E-state index contributed by atoms with van der Waals surface area (Å²) in [5.74, 6) is -1.79. The maximum absolute atomic E-state index is 13.0. The number of nitrogens with zero attached hydrogens (tertiary/aromatic N) is 7. The second-order valence-electron chi connectivity index (χ2n) is 7.78. The number of nitrogens with one attached hydrogen (secondary N) is 2. The van der Waals surface area contributed by atoms with E-state index in [0.29, 0.717) is 24.1 Å². The van der Waals surface area contributed by atoms with Crippen LogP contribution in [0.25, 0.3) is 11.3 Å². The molecule has 0 aromatic carbocycles. The van der Waals surface area contributed by atoms with Crippen LogP contribution >= 0.6 is 7.82 Å². The number of pyridine rings is 1. The number of rotatable bonds is 9. The molecule has 0 saturated heterocycles. The Morgan fingerprint density at radius 2 is 2.05 bits per heavy atom. The number of ether oxygens (including phenoxy) is 1. The molecule has 3 aromatic rings. The molecule has 4 N–H and O–H groups in total. The summed E-state index contributed by atoms with van der Waals surface area (Å²) < 4.78 is 44.3. The molecule has 4 rings (SSSR count). The van der Waals surface area contributed by atoms with Gasteiger partial charge in [-0.2, -0.15) is 25.1 Å². The molecule has 1 aliphatic carbocycles. The quantitative estimate of drug-likeness (QED) is 0.183. The minimum absolute atomic E-state index is 0. The van der Waals surface area contributed by atoms with Crippen LogP contribution in [0, 0.1) is 5.92 Å². The second-order valence-corrected chi connectivity index (χ2v) is 9.02. The van der Waals surface area contributed by atoms with E-state index < -0.39 is 39.0 Å². The van der Waals surface area contributed by atoms with E-state index in [1.54, 1.807) is 18.4 Å². The molecule has 2 radical (unpaired) electrons. The molecule has 0 unspecified atom stereocenters. The van der Waals surface area contributed by atoms with Gasteiger partial charge in [-0.15, -0.1) is 0 Å². The number of aromatic nitrogens is 6. The van der Waals surface area contributed by atoms with Gasteiger partial charge in [-0.1, -0.05) is 0 Å². The fourth-order valence-electron chi connectivity index (χ4n) is 3.21. The van der Waals surface area contributed by atoms with Crippen molar-refractivity contribution in [2.75, 3.05) is 19.4 Å². The standard InChI is InChI=1S/C20H24N9O7P.2Na/c1-21-20(31)16-13(24-18-17(35-3)12(6-7-22-18)14-9-23-28(2)26-14)8-15(25-19(30)11-4-5-11)29(27-16)10-36-37(32,33)34;;/h6-9,11H,4-5,10H2,1-3H3,(H,21,31)(H,22,24)(H2,32,33,34);;/b25-15+;;/i1D3;;. The molecule has 16 nitrogen and oxygen atoms in total. The van der Waals surface area contributed by atoms with Crippen molar-refractivity contribution in [3.63, 3.8) is 0 Å². The summed E-state index contributed by atoms with van der Waals surface area (Å²) >= 11 is 0. The zero-order valence-corrected chi connectivity index (χ0v) is 26.4. The van der Waals surface area contributed by atoms with Crippen LogP contribution in [0.15, 0.2) is 29.5 Å². The van der Waals surface area contributed by atoms with Gasteiger partial charge in [-0.25, -0.2) is 14.2 Å². The molecule has 0 aliphatic heterocycles. The smallest absolute Gasteiger partial charge is 0.471 e. The van der Waals surface area contributed by atoms with Gasteiger partial charge in [0.25, 0.3) is 11.8 Å². The molecule has 1 saturated carbocycles. The summed E-state index contributed by atoms with van der Waals surface area (Å²) in [7, 11) is -2.01. The van der Waals surface area contributed by atoms with Gasteiger partial charge in [-0.05, 0) is 18.9 Å². The Labute approximate surface area is 270 Å². The number of amides is 2. The number of phosphoric ester groups is 1. The maximum Gasteiger partial charge on any atom is 0.471 e. The van der Waals surface area contributed by atoms with Crippen molar-refractivity contribution < 1.29 is 37.3 Å². The molecule has 2 amide bonds. The van der Waals surface area contributed by atoms with Gasteiger partial charge in [-0.3, -0.25) is 14.1 Å². The monoisotopic (exact) mass is 582 g/mol. The predicted octanol–water partition coefficient (Wildman–Crippen LogP) is -0.672. The van der Waals surface area contributed by atoms with E-state index >= 15 is 0 Å². The maximum atomic E-state index is 13.0. The van der Waals surface area contributed by atoms with Crippen molar-refractivity contribution in [1.82, 2.24) is 35.1 Å². The second kappa shape index (κ2) is 14.1. The Kier molecular flexibility index (Phi) is 10.3. The molecule has 3 aromatic heterocycles. The molecule has 3 heterocycles. The van der Waals surface area contributed by atoms with Gasteiger partial charge in [0.2, 0.25) is 0 Å². The molecule has 39 heavy (non-hydrogen) atoms. The minimum atomic E-state index is -5.01. The zero-order chi connectivity index (χ0) is 29.2. The van der Waals surface area contributed by atoms with Crippen LogP contribution in [0.1, 0.15) is 27.4 Å². The van der Waals surface area contributed by atoms with Crippen LogP contribution in [-0.4, -0.2) is 125 Å². The zero-order valence-electron chi connectivity index (χ0n) is 24.5. The third kappa shape index (κ3) is 8.50. The predicted molar refractivity (Wildman–Crippen MR) is 138 cm³/mol. The van der Waals surface area contributed by atoms with Crippen molar-refractivity contribution in [1.29, 1.82) is 0 Å². The number of hydrogen-bond acceptors (Lipinski definition) is 10. The van der Waals surface area contributed by atoms with Crippen LogP contribution in [0.4, 0.5) is 11.5 Å². The normalized spacial score (nSPS) is 14.7. The van der Waals surface area contributed by atoms with Crippen LogP contribution in [0.3, 0.4) is 0 Å². The summed E-state index contributed by atoms with van der Waals surface area (Å²) in [5.41, 5.74) is -0.0168. The SMILES string of the molecule is [2H]C([2H])([2H])NC(=O)c1nn(COP(=O)(O)O)/c(=N/C(=O)C2CC2)cc1Nc1nccc(-c2cnn(C)n2)c1OC.[Na].[Na]. The molecule has 19 heteroatoms. The Morgan fingerprint density at radius 1 is 1.31 bits per heavy atom. The fraction of sp³-hybridized carbons (Fsp3) is 0.350. The number of carbonyl (C=O) groups is 2. The molecule has 198 valence electrons. The van der Waals surface area contributed by atoms with E-state index in [1.165, 1.54) is 30.4 Å². The fourth-order valence-corrected chi connectivity index (χ4v) is 3.47. The number of hydrogen-bond donors (Lipinski definition) is 4. The summed E-state index contributed by atoms with van der Waals surface area (Å²) in [4.78, 5) is 53.3. The third-order valence-electron chi connectivity index (χ3n) is 5.08. The Morgan fingerprint density at radius 3 is 2.64 bits per heavy atom. The van der Waals surface area contributed by atoms with Crippen molar-refractivity contribution >= 4 is 90.3 Å². The first-order chi connectivity index (χ1) is 18.7.